The second-order valence-electron chi connectivity index (χ2n) is 4.14. The molecule has 0 aromatic heterocycles. The number of carbonyl (C=O) groups excluding carboxylic acids is 2. The summed E-state index contributed by atoms with van der Waals surface area (Å²) in [5, 5.41) is 2.74. The standard InChI is InChI=1S/C12H14ClN3O2/c1-2-8-12(18)15-10(17)6-16(8)9-5-3-4-7(13)11(9)14/h3-5,8H,2,6,14H2,1H3,(H,15,17,18). The molecule has 1 aliphatic rings. The molecular formula is C12H14ClN3O2. The van der Waals surface area contributed by atoms with Crippen molar-refractivity contribution in [3.05, 3.63) is 23.2 Å². The first-order valence-electron chi connectivity index (χ1n) is 5.69. The van der Waals surface area contributed by atoms with Crippen LogP contribution < -0.4 is 16.0 Å². The quantitative estimate of drug-likeness (QED) is 0.623. The average molecular weight is 268 g/mol. The zero-order valence-electron chi connectivity index (χ0n) is 9.94. The van der Waals surface area contributed by atoms with Crippen molar-refractivity contribution in [2.24, 2.45) is 0 Å². The molecular weight excluding hydrogens is 254 g/mol. The molecule has 1 aromatic carbocycles. The van der Waals surface area contributed by atoms with Gasteiger partial charge in [0.2, 0.25) is 11.8 Å². The Hall–Kier alpha value is -1.75. The van der Waals surface area contributed by atoms with E-state index in [0.717, 1.165) is 0 Å². The van der Waals surface area contributed by atoms with Crippen LogP contribution in [0.25, 0.3) is 0 Å². The number of carbonyl (C=O) groups is 2. The molecule has 1 aliphatic heterocycles. The van der Waals surface area contributed by atoms with Crippen molar-refractivity contribution < 1.29 is 9.59 Å². The summed E-state index contributed by atoms with van der Waals surface area (Å²) in [6.07, 6.45) is 0.588. The minimum Gasteiger partial charge on any atom is -0.396 e. The highest BCUT2D eigenvalue weighted by molar-refractivity contribution is 6.33. The first-order valence-corrected chi connectivity index (χ1v) is 6.06. The zero-order valence-corrected chi connectivity index (χ0v) is 10.7. The van der Waals surface area contributed by atoms with Crippen LogP contribution in [0.15, 0.2) is 18.2 Å². The second-order valence-corrected chi connectivity index (χ2v) is 4.54. The van der Waals surface area contributed by atoms with Gasteiger partial charge in [0.1, 0.15) is 6.04 Å². The fraction of sp³-hybridized carbons (Fsp3) is 0.333. The van der Waals surface area contributed by atoms with Crippen molar-refractivity contribution in [1.29, 1.82) is 0 Å². The van der Waals surface area contributed by atoms with Crippen molar-refractivity contribution >= 4 is 34.8 Å². The molecule has 1 atom stereocenters. The van der Waals surface area contributed by atoms with Gasteiger partial charge in [0, 0.05) is 0 Å². The van der Waals surface area contributed by atoms with E-state index < -0.39 is 6.04 Å². The van der Waals surface area contributed by atoms with Crippen LogP contribution in [0.2, 0.25) is 5.02 Å². The fourth-order valence-electron chi connectivity index (χ4n) is 2.10. The second kappa shape index (κ2) is 4.86. The highest BCUT2D eigenvalue weighted by Crippen LogP contribution is 2.32. The molecule has 18 heavy (non-hydrogen) atoms. The number of rotatable bonds is 2. The molecule has 1 saturated heterocycles. The molecule has 3 N–H and O–H groups in total. The molecule has 0 radical (unpaired) electrons. The van der Waals surface area contributed by atoms with Crippen molar-refractivity contribution in [2.45, 2.75) is 19.4 Å². The lowest BCUT2D eigenvalue weighted by Gasteiger charge is -2.35. The average Bonchev–Trinajstić information content (AvgIpc) is 2.32. The van der Waals surface area contributed by atoms with E-state index in [4.69, 9.17) is 17.3 Å². The molecule has 1 heterocycles. The number of nitrogens with two attached hydrogens (primary N) is 1. The minimum absolute atomic E-state index is 0.106. The number of hydrogen-bond donors (Lipinski definition) is 2. The highest BCUT2D eigenvalue weighted by Gasteiger charge is 2.33. The Kier molecular flexibility index (Phi) is 3.43. The predicted molar refractivity (Wildman–Crippen MR) is 70.4 cm³/mol. The highest BCUT2D eigenvalue weighted by atomic mass is 35.5. The van der Waals surface area contributed by atoms with Crippen LogP contribution in [0, 0.1) is 0 Å². The number of nitrogens with zero attached hydrogens (tertiary/aromatic N) is 1. The lowest BCUT2D eigenvalue weighted by atomic mass is 10.1. The molecule has 6 heteroatoms. The molecule has 0 spiro atoms. The van der Waals surface area contributed by atoms with Crippen LogP contribution in [-0.4, -0.2) is 24.4 Å². The smallest absolute Gasteiger partial charge is 0.249 e. The van der Waals surface area contributed by atoms with Gasteiger partial charge in [-0.1, -0.05) is 24.6 Å². The Bertz CT molecular complexity index is 504. The van der Waals surface area contributed by atoms with Crippen LogP contribution in [0.4, 0.5) is 11.4 Å². The summed E-state index contributed by atoms with van der Waals surface area (Å²) in [5.74, 6) is -0.628. The fourth-order valence-corrected chi connectivity index (χ4v) is 2.27. The third-order valence-corrected chi connectivity index (χ3v) is 3.31. The summed E-state index contributed by atoms with van der Waals surface area (Å²) in [5.41, 5.74) is 6.92. The van der Waals surface area contributed by atoms with E-state index >= 15 is 0 Å². The first-order chi connectivity index (χ1) is 8.54. The summed E-state index contributed by atoms with van der Waals surface area (Å²) in [4.78, 5) is 24.9. The van der Waals surface area contributed by atoms with Gasteiger partial charge in [-0.3, -0.25) is 14.9 Å². The molecule has 2 rings (SSSR count). The van der Waals surface area contributed by atoms with Crippen molar-refractivity contribution in [3.8, 4) is 0 Å². The first kappa shape index (κ1) is 12.7. The molecule has 0 saturated carbocycles. The summed E-state index contributed by atoms with van der Waals surface area (Å²) in [6.45, 7) is 1.99. The Morgan fingerprint density at radius 2 is 2.22 bits per heavy atom. The number of piperazine rings is 1. The van der Waals surface area contributed by atoms with Gasteiger partial charge < -0.3 is 10.6 Å². The normalized spacial score (nSPS) is 19.9. The summed E-state index contributed by atoms with van der Waals surface area (Å²) < 4.78 is 0. The lowest BCUT2D eigenvalue weighted by molar-refractivity contribution is -0.132. The van der Waals surface area contributed by atoms with Gasteiger partial charge in [-0.05, 0) is 18.6 Å². The van der Waals surface area contributed by atoms with E-state index in [0.29, 0.717) is 22.8 Å². The largest absolute Gasteiger partial charge is 0.396 e. The van der Waals surface area contributed by atoms with Crippen LogP contribution in [0.3, 0.4) is 0 Å². The zero-order chi connectivity index (χ0) is 13.3. The van der Waals surface area contributed by atoms with Crippen LogP contribution in [0.1, 0.15) is 13.3 Å². The Balaban J connectivity index is 2.43. The third-order valence-electron chi connectivity index (χ3n) is 2.98. The van der Waals surface area contributed by atoms with E-state index in [1.54, 1.807) is 23.1 Å². The maximum Gasteiger partial charge on any atom is 0.249 e. The van der Waals surface area contributed by atoms with Gasteiger partial charge in [-0.25, -0.2) is 0 Å². The topological polar surface area (TPSA) is 75.4 Å². The number of benzene rings is 1. The minimum atomic E-state index is -0.400. The summed E-state index contributed by atoms with van der Waals surface area (Å²) in [6, 6.07) is 4.78. The number of imide groups is 1. The lowest BCUT2D eigenvalue weighted by Crippen LogP contribution is -2.58. The molecule has 1 aromatic rings. The molecule has 0 bridgehead atoms. The van der Waals surface area contributed by atoms with Gasteiger partial charge in [0.15, 0.2) is 0 Å². The van der Waals surface area contributed by atoms with Gasteiger partial charge in [0.05, 0.1) is 22.9 Å². The van der Waals surface area contributed by atoms with Gasteiger partial charge in [-0.2, -0.15) is 0 Å². The monoisotopic (exact) mass is 267 g/mol. The molecule has 1 fully saturated rings. The van der Waals surface area contributed by atoms with Crippen molar-refractivity contribution in [2.75, 3.05) is 17.2 Å². The predicted octanol–water partition coefficient (Wildman–Crippen LogP) is 1.16. The Labute approximate surface area is 110 Å². The van der Waals surface area contributed by atoms with Gasteiger partial charge in [-0.15, -0.1) is 0 Å². The number of anilines is 2. The third kappa shape index (κ3) is 2.13. The van der Waals surface area contributed by atoms with Crippen LogP contribution in [-0.2, 0) is 9.59 Å². The Morgan fingerprint density at radius 3 is 2.89 bits per heavy atom. The van der Waals surface area contributed by atoms with E-state index in [1.165, 1.54) is 0 Å². The van der Waals surface area contributed by atoms with E-state index in [-0.39, 0.29) is 18.4 Å². The Morgan fingerprint density at radius 1 is 1.50 bits per heavy atom. The number of para-hydroxylation sites is 1. The van der Waals surface area contributed by atoms with E-state index in [9.17, 15) is 9.59 Å². The number of hydrogen-bond acceptors (Lipinski definition) is 4. The maximum atomic E-state index is 11.8. The molecule has 0 aliphatic carbocycles. The van der Waals surface area contributed by atoms with E-state index in [2.05, 4.69) is 5.32 Å². The van der Waals surface area contributed by atoms with Crippen molar-refractivity contribution in [3.63, 3.8) is 0 Å². The molecule has 2 amide bonds. The number of halogens is 1. The van der Waals surface area contributed by atoms with Gasteiger partial charge in [0.25, 0.3) is 0 Å². The number of amides is 2. The summed E-state index contributed by atoms with van der Waals surface area (Å²) in [7, 11) is 0. The molecule has 1 unspecified atom stereocenters. The molecule has 96 valence electrons. The summed E-state index contributed by atoms with van der Waals surface area (Å²) >= 11 is 5.96. The molecule has 5 nitrogen and oxygen atoms in total. The SMILES string of the molecule is CCC1C(=O)NC(=O)CN1c1cccc(Cl)c1N. The van der Waals surface area contributed by atoms with Gasteiger partial charge >= 0.3 is 0 Å². The van der Waals surface area contributed by atoms with Crippen LogP contribution in [0.5, 0.6) is 0 Å². The van der Waals surface area contributed by atoms with E-state index in [1.807, 2.05) is 6.92 Å². The van der Waals surface area contributed by atoms with Crippen LogP contribution >= 0.6 is 11.6 Å². The number of nitrogens with one attached hydrogen (secondary N) is 1. The maximum absolute atomic E-state index is 11.8. The van der Waals surface area contributed by atoms with Crippen molar-refractivity contribution in [1.82, 2.24) is 5.32 Å². The number of nitrogen functional groups attached to an aromatic ring is 1.